The number of carbonyl (C=O) groups excluding carboxylic acids is 1. The zero-order chi connectivity index (χ0) is 17.8. The molecule has 0 saturated heterocycles. The van der Waals surface area contributed by atoms with Crippen LogP contribution in [-0.4, -0.2) is 33.1 Å². The van der Waals surface area contributed by atoms with E-state index in [-0.39, 0.29) is 10.6 Å². The van der Waals surface area contributed by atoms with Gasteiger partial charge >= 0.3 is 5.69 Å². The van der Waals surface area contributed by atoms with Crippen LogP contribution in [0.2, 0.25) is 5.02 Å². The Labute approximate surface area is 146 Å². The van der Waals surface area contributed by atoms with E-state index < -0.39 is 27.9 Å². The molecule has 1 amide bonds. The molecule has 2 aliphatic rings. The molecule has 1 aliphatic heterocycles. The minimum Gasteiger partial charge on any atom is -0.501 e. The average Bonchev–Trinajstić information content (AvgIpc) is 3.34. The predicted octanol–water partition coefficient (Wildman–Crippen LogP) is 2.92. The van der Waals surface area contributed by atoms with Gasteiger partial charge in [-0.3, -0.25) is 19.8 Å². The predicted molar refractivity (Wildman–Crippen MR) is 88.3 cm³/mol. The highest BCUT2D eigenvalue weighted by Gasteiger charge is 2.52. The number of aromatic nitrogens is 1. The van der Waals surface area contributed by atoms with Crippen molar-refractivity contribution in [3.05, 3.63) is 51.2 Å². The van der Waals surface area contributed by atoms with Gasteiger partial charge in [-0.1, -0.05) is 11.6 Å². The van der Waals surface area contributed by atoms with Gasteiger partial charge in [0.2, 0.25) is 11.6 Å². The van der Waals surface area contributed by atoms with Crippen LogP contribution in [0.25, 0.3) is 0 Å². The fraction of sp³-hybridized carbons (Fsp3) is 0.250. The van der Waals surface area contributed by atoms with E-state index in [1.165, 1.54) is 11.0 Å². The number of halogens is 1. The van der Waals surface area contributed by atoms with E-state index in [1.54, 1.807) is 18.3 Å². The summed E-state index contributed by atoms with van der Waals surface area (Å²) in [6.45, 7) is 0.330. The van der Waals surface area contributed by atoms with Gasteiger partial charge in [-0.2, -0.15) is 0 Å². The number of carbonyl (C=O) groups is 1. The molecule has 0 unspecified atom stereocenters. The van der Waals surface area contributed by atoms with E-state index in [1.807, 2.05) is 0 Å². The Morgan fingerprint density at radius 1 is 1.44 bits per heavy atom. The molecule has 1 N–H and O–H groups in total. The second kappa shape index (κ2) is 5.32. The molecule has 1 aliphatic carbocycles. The molecule has 1 fully saturated rings. The molecule has 1 saturated carbocycles. The third-order valence-corrected chi connectivity index (χ3v) is 4.63. The van der Waals surface area contributed by atoms with Crippen LogP contribution in [0.1, 0.15) is 23.2 Å². The Hall–Kier alpha value is -2.87. The summed E-state index contributed by atoms with van der Waals surface area (Å²) in [7, 11) is 0. The summed E-state index contributed by atoms with van der Waals surface area (Å²) in [5.41, 5.74) is -0.542. The first kappa shape index (κ1) is 15.6. The average molecular weight is 362 g/mol. The van der Waals surface area contributed by atoms with Gasteiger partial charge in [0.1, 0.15) is 11.3 Å². The molecule has 0 bridgehead atoms. The molecule has 0 atom stereocenters. The van der Waals surface area contributed by atoms with Gasteiger partial charge in [-0.25, -0.2) is 4.98 Å². The first-order valence-electron chi connectivity index (χ1n) is 7.53. The van der Waals surface area contributed by atoms with Crippen molar-refractivity contribution >= 4 is 28.9 Å². The quantitative estimate of drug-likeness (QED) is 0.651. The van der Waals surface area contributed by atoms with Crippen LogP contribution in [0.15, 0.2) is 30.5 Å². The minimum absolute atomic E-state index is 0.0157. The third-order valence-electron chi connectivity index (χ3n) is 4.34. The highest BCUT2D eigenvalue weighted by molar-refractivity contribution is 6.33. The number of nitrogens with zero attached hydrogens (tertiary/aromatic N) is 3. The van der Waals surface area contributed by atoms with Gasteiger partial charge in [-0.15, -0.1) is 0 Å². The number of pyridine rings is 1. The third kappa shape index (κ3) is 2.54. The molecule has 2 heterocycles. The van der Waals surface area contributed by atoms with Crippen LogP contribution in [0.5, 0.6) is 11.6 Å². The molecule has 2 aromatic rings. The summed E-state index contributed by atoms with van der Waals surface area (Å²) in [5.74, 6) is -0.765. The van der Waals surface area contributed by atoms with Gasteiger partial charge in [-0.05, 0) is 31.0 Å². The molecule has 128 valence electrons. The van der Waals surface area contributed by atoms with Crippen molar-refractivity contribution in [2.24, 2.45) is 0 Å². The minimum atomic E-state index is -0.783. The molecule has 0 radical (unpaired) electrons. The van der Waals surface area contributed by atoms with Crippen molar-refractivity contribution in [1.29, 1.82) is 0 Å². The number of fused-ring (bicyclic) bond motifs is 1. The summed E-state index contributed by atoms with van der Waals surface area (Å²) in [6, 6.07) is 5.62. The lowest BCUT2D eigenvalue weighted by atomic mass is 10.1. The van der Waals surface area contributed by atoms with Gasteiger partial charge in [0, 0.05) is 17.8 Å². The van der Waals surface area contributed by atoms with Crippen molar-refractivity contribution in [3.8, 4) is 11.6 Å². The zero-order valence-electron chi connectivity index (χ0n) is 12.8. The van der Waals surface area contributed by atoms with Crippen molar-refractivity contribution < 1.29 is 19.6 Å². The summed E-state index contributed by atoms with van der Waals surface area (Å²) >= 11 is 5.85. The number of nitro benzene ring substituents is 1. The van der Waals surface area contributed by atoms with Crippen LogP contribution in [0.4, 0.5) is 11.4 Å². The number of anilines is 1. The van der Waals surface area contributed by atoms with Crippen LogP contribution < -0.4 is 9.64 Å². The lowest BCUT2D eigenvalue weighted by Gasteiger charge is -2.34. The molecule has 1 spiro atoms. The molecule has 1 aromatic heterocycles. The summed E-state index contributed by atoms with van der Waals surface area (Å²) < 4.78 is 5.87. The van der Waals surface area contributed by atoms with Gasteiger partial charge in [0.05, 0.1) is 16.5 Å². The standard InChI is InChI=1S/C16H12ClN3O5/c17-10-6-9(7-12(13(10)21)20(23)24)15(22)19-8-16(3-4-16)25-14-11(19)2-1-5-18-14/h1-2,5-7,21H,3-4,8H2. The number of hydrogen-bond donors (Lipinski definition) is 1. The molecule has 8 nitrogen and oxygen atoms in total. The van der Waals surface area contributed by atoms with Crippen LogP contribution in [0, 0.1) is 10.1 Å². The van der Waals surface area contributed by atoms with E-state index in [4.69, 9.17) is 16.3 Å². The number of hydrogen-bond acceptors (Lipinski definition) is 6. The smallest absolute Gasteiger partial charge is 0.313 e. The van der Waals surface area contributed by atoms with Crippen molar-refractivity contribution in [2.45, 2.75) is 18.4 Å². The second-order valence-corrected chi connectivity index (χ2v) is 6.49. The SMILES string of the molecule is O=C(c1cc(Cl)c(O)c([N+](=O)[O-])c1)N1CC2(CC2)Oc2ncccc21. The summed E-state index contributed by atoms with van der Waals surface area (Å²) in [6.07, 6.45) is 3.19. The number of rotatable bonds is 2. The van der Waals surface area contributed by atoms with Crippen molar-refractivity contribution in [1.82, 2.24) is 4.98 Å². The van der Waals surface area contributed by atoms with Crippen LogP contribution in [-0.2, 0) is 0 Å². The maximum atomic E-state index is 13.0. The number of nitro groups is 1. The first-order chi connectivity index (χ1) is 11.9. The number of ether oxygens (including phenoxy) is 1. The van der Waals surface area contributed by atoms with E-state index in [9.17, 15) is 20.0 Å². The molecule has 25 heavy (non-hydrogen) atoms. The topological polar surface area (TPSA) is 106 Å². The van der Waals surface area contributed by atoms with E-state index in [0.717, 1.165) is 18.9 Å². The Morgan fingerprint density at radius 3 is 2.88 bits per heavy atom. The van der Waals surface area contributed by atoms with Gasteiger partial charge < -0.3 is 9.84 Å². The number of phenolic OH excluding ortho intramolecular Hbond substituents is 1. The van der Waals surface area contributed by atoms with Gasteiger partial charge in [0.15, 0.2) is 0 Å². The number of aromatic hydroxyl groups is 1. The second-order valence-electron chi connectivity index (χ2n) is 6.09. The lowest BCUT2D eigenvalue weighted by molar-refractivity contribution is -0.385. The van der Waals surface area contributed by atoms with Gasteiger partial charge in [0.25, 0.3) is 5.91 Å². The summed E-state index contributed by atoms with van der Waals surface area (Å²) in [5, 5.41) is 20.5. The summed E-state index contributed by atoms with van der Waals surface area (Å²) in [4.78, 5) is 28.9. The Morgan fingerprint density at radius 2 is 2.20 bits per heavy atom. The molecule has 4 rings (SSSR count). The van der Waals surface area contributed by atoms with Crippen LogP contribution >= 0.6 is 11.6 Å². The van der Waals surface area contributed by atoms with Crippen LogP contribution in [0.3, 0.4) is 0 Å². The Kier molecular flexibility index (Phi) is 3.33. The highest BCUT2D eigenvalue weighted by Crippen LogP contribution is 2.48. The fourth-order valence-corrected chi connectivity index (χ4v) is 3.08. The van der Waals surface area contributed by atoms with Crippen molar-refractivity contribution in [3.63, 3.8) is 0 Å². The fourth-order valence-electron chi connectivity index (χ4n) is 2.86. The number of amides is 1. The normalized spacial score (nSPS) is 16.9. The highest BCUT2D eigenvalue weighted by atomic mass is 35.5. The first-order valence-corrected chi connectivity index (χ1v) is 7.91. The zero-order valence-corrected chi connectivity index (χ0v) is 13.6. The molecule has 9 heteroatoms. The van der Waals surface area contributed by atoms with E-state index in [0.29, 0.717) is 18.1 Å². The Balaban J connectivity index is 1.78. The number of benzene rings is 1. The Bertz CT molecular complexity index is 913. The maximum Gasteiger partial charge on any atom is 0.313 e. The molecular formula is C16H12ClN3O5. The molecule has 1 aromatic carbocycles. The number of phenols is 1. The monoisotopic (exact) mass is 361 g/mol. The maximum absolute atomic E-state index is 13.0. The van der Waals surface area contributed by atoms with E-state index >= 15 is 0 Å². The largest absolute Gasteiger partial charge is 0.501 e. The molecular weight excluding hydrogens is 350 g/mol. The van der Waals surface area contributed by atoms with E-state index in [2.05, 4.69) is 4.98 Å². The lowest BCUT2D eigenvalue weighted by Crippen LogP contribution is -2.45. The van der Waals surface area contributed by atoms with Crippen molar-refractivity contribution in [2.75, 3.05) is 11.4 Å².